The fourth-order valence-corrected chi connectivity index (χ4v) is 1.31. The molecule has 0 unspecified atom stereocenters. The molecule has 1 rings (SSSR count). The van der Waals surface area contributed by atoms with Gasteiger partial charge >= 0.3 is 0 Å². The molecule has 0 aliphatic carbocycles. The smallest absolute Gasteiger partial charge is 0.133 e. The molecule has 0 radical (unpaired) electrons. The maximum Gasteiger partial charge on any atom is 0.133 e. The number of benzene rings is 1. The highest BCUT2D eigenvalue weighted by atomic mass is 35.5. The second kappa shape index (κ2) is 5.17. The van der Waals surface area contributed by atoms with Gasteiger partial charge in [-0.3, -0.25) is 0 Å². The Morgan fingerprint density at radius 2 is 2.23 bits per heavy atom. The number of rotatable bonds is 4. The fourth-order valence-electron chi connectivity index (χ4n) is 1.07. The molecule has 2 nitrogen and oxygen atoms in total. The Bertz CT molecular complexity index is 260. The SMILES string of the molecule is OCC[NH2+]Cc1c(F)cccc1Cl. The largest absolute Gasteiger partial charge is 0.391 e. The van der Waals surface area contributed by atoms with Crippen molar-refractivity contribution in [3.8, 4) is 0 Å². The molecule has 0 aromatic heterocycles. The summed E-state index contributed by atoms with van der Waals surface area (Å²) < 4.78 is 13.1. The zero-order chi connectivity index (χ0) is 9.68. The molecule has 13 heavy (non-hydrogen) atoms. The van der Waals surface area contributed by atoms with Crippen LogP contribution in [0.25, 0.3) is 0 Å². The van der Waals surface area contributed by atoms with Gasteiger partial charge in [-0.15, -0.1) is 0 Å². The summed E-state index contributed by atoms with van der Waals surface area (Å²) in [5, 5.41) is 10.8. The van der Waals surface area contributed by atoms with E-state index < -0.39 is 0 Å². The molecular weight excluding hydrogens is 193 g/mol. The van der Waals surface area contributed by atoms with E-state index in [0.29, 0.717) is 23.7 Å². The minimum Gasteiger partial charge on any atom is -0.391 e. The van der Waals surface area contributed by atoms with Crippen LogP contribution < -0.4 is 5.32 Å². The van der Waals surface area contributed by atoms with Crippen molar-refractivity contribution >= 4 is 11.6 Å². The number of hydrogen-bond acceptors (Lipinski definition) is 1. The van der Waals surface area contributed by atoms with Gasteiger partial charge in [-0.25, -0.2) is 4.39 Å². The van der Waals surface area contributed by atoms with E-state index in [1.807, 2.05) is 5.32 Å². The third kappa shape index (κ3) is 2.95. The van der Waals surface area contributed by atoms with Gasteiger partial charge in [0.2, 0.25) is 0 Å². The van der Waals surface area contributed by atoms with Crippen LogP contribution in [0.4, 0.5) is 4.39 Å². The summed E-state index contributed by atoms with van der Waals surface area (Å²) in [6.07, 6.45) is 0. The predicted molar refractivity (Wildman–Crippen MR) is 49.0 cm³/mol. The molecule has 0 saturated carbocycles. The van der Waals surface area contributed by atoms with Gasteiger partial charge in [-0.1, -0.05) is 17.7 Å². The van der Waals surface area contributed by atoms with Crippen molar-refractivity contribution in [2.24, 2.45) is 0 Å². The lowest BCUT2D eigenvalue weighted by atomic mass is 10.2. The Hall–Kier alpha value is -0.640. The zero-order valence-electron chi connectivity index (χ0n) is 7.13. The Balaban J connectivity index is 2.64. The van der Waals surface area contributed by atoms with Crippen LogP contribution in [0.15, 0.2) is 18.2 Å². The molecular formula is C9H12ClFNO+. The van der Waals surface area contributed by atoms with Gasteiger partial charge < -0.3 is 10.4 Å². The Morgan fingerprint density at radius 1 is 1.46 bits per heavy atom. The van der Waals surface area contributed by atoms with Crippen molar-refractivity contribution in [2.75, 3.05) is 13.2 Å². The van der Waals surface area contributed by atoms with Crippen molar-refractivity contribution in [3.05, 3.63) is 34.6 Å². The van der Waals surface area contributed by atoms with Crippen LogP contribution in [0.3, 0.4) is 0 Å². The third-order valence-corrected chi connectivity index (χ3v) is 2.10. The van der Waals surface area contributed by atoms with Crippen LogP contribution in [0.2, 0.25) is 5.02 Å². The maximum atomic E-state index is 13.1. The first kappa shape index (κ1) is 10.4. The number of halogens is 2. The van der Waals surface area contributed by atoms with Crippen LogP contribution in [-0.2, 0) is 6.54 Å². The topological polar surface area (TPSA) is 36.8 Å². The summed E-state index contributed by atoms with van der Waals surface area (Å²) in [6, 6.07) is 4.62. The minimum absolute atomic E-state index is 0.0894. The highest BCUT2D eigenvalue weighted by molar-refractivity contribution is 6.31. The second-order valence-corrected chi connectivity index (χ2v) is 3.11. The van der Waals surface area contributed by atoms with E-state index in [0.717, 1.165) is 0 Å². The monoisotopic (exact) mass is 204 g/mol. The summed E-state index contributed by atoms with van der Waals surface area (Å²) in [6.45, 7) is 1.11. The molecule has 72 valence electrons. The first-order valence-corrected chi connectivity index (χ1v) is 4.49. The molecule has 0 heterocycles. The highest BCUT2D eigenvalue weighted by Crippen LogP contribution is 2.17. The van der Waals surface area contributed by atoms with Gasteiger partial charge in [0.15, 0.2) is 0 Å². The number of aliphatic hydroxyl groups is 1. The molecule has 4 heteroatoms. The summed E-state index contributed by atoms with van der Waals surface area (Å²) in [4.78, 5) is 0. The van der Waals surface area contributed by atoms with E-state index in [-0.39, 0.29) is 12.4 Å². The van der Waals surface area contributed by atoms with Gasteiger partial charge in [0.1, 0.15) is 12.4 Å². The van der Waals surface area contributed by atoms with Crippen LogP contribution in [0.1, 0.15) is 5.56 Å². The highest BCUT2D eigenvalue weighted by Gasteiger charge is 2.07. The molecule has 1 aromatic carbocycles. The van der Waals surface area contributed by atoms with Gasteiger partial charge in [0.05, 0.1) is 23.7 Å². The quantitative estimate of drug-likeness (QED) is 0.690. The summed E-state index contributed by atoms with van der Waals surface area (Å²) in [5.74, 6) is -0.290. The van der Waals surface area contributed by atoms with E-state index in [1.54, 1.807) is 12.1 Å². The normalized spacial score (nSPS) is 10.4. The van der Waals surface area contributed by atoms with Crippen molar-refractivity contribution in [1.29, 1.82) is 0 Å². The van der Waals surface area contributed by atoms with E-state index in [1.165, 1.54) is 6.07 Å². The molecule has 0 aliphatic rings. The number of hydrogen-bond donors (Lipinski definition) is 2. The summed E-state index contributed by atoms with van der Waals surface area (Å²) >= 11 is 5.79. The Morgan fingerprint density at radius 3 is 2.85 bits per heavy atom. The van der Waals surface area contributed by atoms with Crippen molar-refractivity contribution in [1.82, 2.24) is 0 Å². The molecule has 0 saturated heterocycles. The van der Waals surface area contributed by atoms with Crippen molar-refractivity contribution < 1.29 is 14.8 Å². The van der Waals surface area contributed by atoms with E-state index in [9.17, 15) is 4.39 Å². The number of quaternary nitrogens is 1. The average Bonchev–Trinajstić information content (AvgIpc) is 2.10. The second-order valence-electron chi connectivity index (χ2n) is 2.71. The lowest BCUT2D eigenvalue weighted by Crippen LogP contribution is -2.83. The lowest BCUT2D eigenvalue weighted by molar-refractivity contribution is -0.671. The molecule has 0 fully saturated rings. The first-order chi connectivity index (χ1) is 6.25. The lowest BCUT2D eigenvalue weighted by Gasteiger charge is -2.03. The van der Waals surface area contributed by atoms with Crippen LogP contribution in [-0.4, -0.2) is 18.3 Å². The zero-order valence-corrected chi connectivity index (χ0v) is 7.89. The maximum absolute atomic E-state index is 13.1. The minimum atomic E-state index is -0.290. The summed E-state index contributed by atoms with van der Waals surface area (Å²) in [7, 11) is 0. The van der Waals surface area contributed by atoms with Crippen LogP contribution in [0, 0.1) is 5.82 Å². The summed E-state index contributed by atoms with van der Waals surface area (Å²) in [5.41, 5.74) is 0.498. The van der Waals surface area contributed by atoms with Gasteiger partial charge in [-0.2, -0.15) is 0 Å². The number of aliphatic hydroxyl groups excluding tert-OH is 1. The standard InChI is InChI=1S/C9H11ClFNO/c10-8-2-1-3-9(11)7(8)6-12-4-5-13/h1-3,12-13H,4-6H2/p+1. The van der Waals surface area contributed by atoms with Crippen molar-refractivity contribution in [2.45, 2.75) is 6.54 Å². The first-order valence-electron chi connectivity index (χ1n) is 4.11. The Kier molecular flexibility index (Phi) is 4.15. The van der Waals surface area contributed by atoms with E-state index in [4.69, 9.17) is 16.7 Å². The molecule has 0 bridgehead atoms. The van der Waals surface area contributed by atoms with E-state index >= 15 is 0 Å². The molecule has 0 amide bonds. The van der Waals surface area contributed by atoms with Gasteiger partial charge in [0.25, 0.3) is 0 Å². The van der Waals surface area contributed by atoms with Gasteiger partial charge in [0, 0.05) is 0 Å². The molecule has 0 aliphatic heterocycles. The van der Waals surface area contributed by atoms with Gasteiger partial charge in [-0.05, 0) is 12.1 Å². The third-order valence-electron chi connectivity index (χ3n) is 1.74. The molecule has 1 aromatic rings. The van der Waals surface area contributed by atoms with E-state index in [2.05, 4.69) is 0 Å². The van der Waals surface area contributed by atoms with Crippen LogP contribution in [0.5, 0.6) is 0 Å². The molecule has 0 spiro atoms. The van der Waals surface area contributed by atoms with Crippen molar-refractivity contribution in [3.63, 3.8) is 0 Å². The number of nitrogens with two attached hydrogens (primary N) is 1. The predicted octanol–water partition coefficient (Wildman–Crippen LogP) is 0.535. The fraction of sp³-hybridized carbons (Fsp3) is 0.333. The average molecular weight is 205 g/mol. The molecule has 0 atom stereocenters. The Labute approximate surface area is 81.3 Å². The molecule has 3 N–H and O–H groups in total. The van der Waals surface area contributed by atoms with Crippen LogP contribution >= 0.6 is 11.6 Å².